The van der Waals surface area contributed by atoms with E-state index in [4.69, 9.17) is 10.5 Å². The van der Waals surface area contributed by atoms with Gasteiger partial charge in [-0.15, -0.1) is 0 Å². The molecule has 2 N–H and O–H groups in total. The predicted octanol–water partition coefficient (Wildman–Crippen LogP) is 1.72. The summed E-state index contributed by atoms with van der Waals surface area (Å²) in [6.45, 7) is 4.48. The van der Waals surface area contributed by atoms with Gasteiger partial charge in [-0.25, -0.2) is 0 Å². The normalized spacial score (nSPS) is 22.0. The summed E-state index contributed by atoms with van der Waals surface area (Å²) in [5, 5.41) is 0. The van der Waals surface area contributed by atoms with E-state index in [0.29, 0.717) is 18.6 Å². The molecule has 2 atom stereocenters. The van der Waals surface area contributed by atoms with Crippen LogP contribution in [0.5, 0.6) is 0 Å². The number of likely N-dealkylation sites (N-methyl/N-ethyl adjacent to an activating group) is 1. The summed E-state index contributed by atoms with van der Waals surface area (Å²) in [5.41, 5.74) is 8.54. The second-order valence-electron chi connectivity index (χ2n) is 4.85. The fraction of sp³-hybridized carbons (Fsp3) is 0.571. The number of hydrogen-bond acceptors (Lipinski definition) is 3. The standard InChI is InChI=1S/C14H22N2O/c1-11-4-3-5-12(8-11)14(9-15)16(2)13-6-7-17-10-13/h3-5,8,13-14H,6-7,9-10,15H2,1-2H3. The minimum Gasteiger partial charge on any atom is -0.380 e. The number of benzene rings is 1. The van der Waals surface area contributed by atoms with Crippen LogP contribution in [0.1, 0.15) is 23.6 Å². The van der Waals surface area contributed by atoms with E-state index >= 15 is 0 Å². The van der Waals surface area contributed by atoms with E-state index in [9.17, 15) is 0 Å². The predicted molar refractivity (Wildman–Crippen MR) is 70.0 cm³/mol. The van der Waals surface area contributed by atoms with Crippen molar-refractivity contribution >= 4 is 0 Å². The lowest BCUT2D eigenvalue weighted by atomic mass is 10.0. The smallest absolute Gasteiger partial charge is 0.0622 e. The topological polar surface area (TPSA) is 38.5 Å². The Kier molecular flexibility index (Phi) is 4.15. The first-order chi connectivity index (χ1) is 8.22. The van der Waals surface area contributed by atoms with Crippen LogP contribution in [0.15, 0.2) is 24.3 Å². The highest BCUT2D eigenvalue weighted by molar-refractivity contribution is 5.25. The molecule has 0 aliphatic carbocycles. The largest absolute Gasteiger partial charge is 0.380 e. The van der Waals surface area contributed by atoms with Gasteiger partial charge < -0.3 is 10.5 Å². The molecule has 0 radical (unpaired) electrons. The molecule has 1 aromatic carbocycles. The molecule has 2 unspecified atom stereocenters. The summed E-state index contributed by atoms with van der Waals surface area (Å²) in [5.74, 6) is 0. The molecule has 1 heterocycles. The molecular weight excluding hydrogens is 212 g/mol. The van der Waals surface area contributed by atoms with Crippen molar-refractivity contribution in [1.29, 1.82) is 0 Å². The van der Waals surface area contributed by atoms with E-state index in [2.05, 4.69) is 43.1 Å². The summed E-state index contributed by atoms with van der Waals surface area (Å²) in [6, 6.07) is 9.41. The summed E-state index contributed by atoms with van der Waals surface area (Å²) in [4.78, 5) is 2.36. The summed E-state index contributed by atoms with van der Waals surface area (Å²) in [7, 11) is 2.15. The van der Waals surface area contributed by atoms with Gasteiger partial charge in [0.2, 0.25) is 0 Å². The molecule has 3 heteroatoms. The lowest BCUT2D eigenvalue weighted by Gasteiger charge is -2.32. The summed E-state index contributed by atoms with van der Waals surface area (Å²) in [6.07, 6.45) is 1.11. The van der Waals surface area contributed by atoms with Gasteiger partial charge in [-0.3, -0.25) is 4.90 Å². The molecule has 0 spiro atoms. The fourth-order valence-corrected chi connectivity index (χ4v) is 2.51. The maximum absolute atomic E-state index is 5.94. The Morgan fingerprint density at radius 3 is 2.94 bits per heavy atom. The zero-order valence-electron chi connectivity index (χ0n) is 10.7. The Morgan fingerprint density at radius 2 is 2.35 bits per heavy atom. The van der Waals surface area contributed by atoms with Gasteiger partial charge in [0.25, 0.3) is 0 Å². The van der Waals surface area contributed by atoms with E-state index in [0.717, 1.165) is 19.6 Å². The SMILES string of the molecule is Cc1cccc(C(CN)N(C)C2CCOC2)c1. The quantitative estimate of drug-likeness (QED) is 0.862. The average Bonchev–Trinajstić information content (AvgIpc) is 2.83. The highest BCUT2D eigenvalue weighted by Crippen LogP contribution is 2.24. The van der Waals surface area contributed by atoms with Crippen LogP contribution in [0.2, 0.25) is 0 Å². The second-order valence-corrected chi connectivity index (χ2v) is 4.85. The molecule has 0 amide bonds. The van der Waals surface area contributed by atoms with E-state index in [1.54, 1.807) is 0 Å². The molecule has 94 valence electrons. The minimum atomic E-state index is 0.293. The molecule has 17 heavy (non-hydrogen) atoms. The molecule has 1 aliphatic heterocycles. The van der Waals surface area contributed by atoms with Crippen molar-refractivity contribution in [1.82, 2.24) is 4.90 Å². The van der Waals surface area contributed by atoms with Crippen LogP contribution in [0.4, 0.5) is 0 Å². The van der Waals surface area contributed by atoms with E-state index in [1.807, 2.05) is 0 Å². The Balaban J connectivity index is 2.14. The molecule has 1 fully saturated rings. The maximum atomic E-state index is 5.94. The van der Waals surface area contributed by atoms with Gasteiger partial charge in [-0.2, -0.15) is 0 Å². The molecule has 0 saturated carbocycles. The number of aryl methyl sites for hydroxylation is 1. The molecule has 1 saturated heterocycles. The molecule has 1 aromatic rings. The zero-order chi connectivity index (χ0) is 12.3. The molecule has 0 aromatic heterocycles. The highest BCUT2D eigenvalue weighted by Gasteiger charge is 2.26. The Morgan fingerprint density at radius 1 is 1.53 bits per heavy atom. The van der Waals surface area contributed by atoms with Gasteiger partial charge in [0.1, 0.15) is 0 Å². The molecule has 3 nitrogen and oxygen atoms in total. The molecule has 2 rings (SSSR count). The second kappa shape index (κ2) is 5.63. The van der Waals surface area contributed by atoms with Crippen molar-refractivity contribution < 1.29 is 4.74 Å². The van der Waals surface area contributed by atoms with Crippen LogP contribution >= 0.6 is 0 Å². The average molecular weight is 234 g/mol. The van der Waals surface area contributed by atoms with Crippen LogP contribution in [0, 0.1) is 6.92 Å². The first-order valence-corrected chi connectivity index (χ1v) is 6.28. The number of nitrogens with zero attached hydrogens (tertiary/aromatic N) is 1. The van der Waals surface area contributed by atoms with Gasteiger partial charge in [0.15, 0.2) is 0 Å². The zero-order valence-corrected chi connectivity index (χ0v) is 10.7. The van der Waals surface area contributed by atoms with Crippen LogP contribution < -0.4 is 5.73 Å². The lowest BCUT2D eigenvalue weighted by molar-refractivity contribution is 0.134. The third-order valence-electron chi connectivity index (χ3n) is 3.62. The molecule has 0 bridgehead atoms. The van der Waals surface area contributed by atoms with Gasteiger partial charge in [-0.1, -0.05) is 29.8 Å². The van der Waals surface area contributed by atoms with Gasteiger partial charge in [0, 0.05) is 25.2 Å². The first-order valence-electron chi connectivity index (χ1n) is 6.28. The van der Waals surface area contributed by atoms with E-state index in [1.165, 1.54) is 11.1 Å². The van der Waals surface area contributed by atoms with Crippen molar-refractivity contribution in [2.45, 2.75) is 25.4 Å². The van der Waals surface area contributed by atoms with Gasteiger partial charge in [0.05, 0.1) is 6.61 Å². The third-order valence-corrected chi connectivity index (χ3v) is 3.62. The summed E-state index contributed by atoms with van der Waals surface area (Å²) < 4.78 is 5.45. The van der Waals surface area contributed by atoms with Gasteiger partial charge >= 0.3 is 0 Å². The minimum absolute atomic E-state index is 0.293. The van der Waals surface area contributed by atoms with Crippen LogP contribution in [0.25, 0.3) is 0 Å². The first kappa shape index (κ1) is 12.6. The van der Waals surface area contributed by atoms with Crippen LogP contribution in [0.3, 0.4) is 0 Å². The Bertz CT molecular complexity index is 361. The van der Waals surface area contributed by atoms with Crippen LogP contribution in [-0.4, -0.2) is 37.7 Å². The number of hydrogen-bond donors (Lipinski definition) is 1. The number of rotatable bonds is 4. The summed E-state index contributed by atoms with van der Waals surface area (Å²) >= 11 is 0. The lowest BCUT2D eigenvalue weighted by Crippen LogP contribution is -2.38. The van der Waals surface area contributed by atoms with Crippen molar-refractivity contribution in [2.75, 3.05) is 26.8 Å². The van der Waals surface area contributed by atoms with Crippen molar-refractivity contribution in [3.8, 4) is 0 Å². The van der Waals surface area contributed by atoms with E-state index < -0.39 is 0 Å². The van der Waals surface area contributed by atoms with Crippen LogP contribution in [-0.2, 0) is 4.74 Å². The molecule has 1 aliphatic rings. The van der Waals surface area contributed by atoms with Crippen molar-refractivity contribution in [3.63, 3.8) is 0 Å². The number of ether oxygens (including phenoxy) is 1. The Hall–Kier alpha value is -0.900. The molecular formula is C14H22N2O. The maximum Gasteiger partial charge on any atom is 0.0622 e. The number of nitrogens with two attached hydrogens (primary N) is 1. The Labute approximate surface area is 104 Å². The van der Waals surface area contributed by atoms with Crippen molar-refractivity contribution in [3.05, 3.63) is 35.4 Å². The fourth-order valence-electron chi connectivity index (χ4n) is 2.51. The highest BCUT2D eigenvalue weighted by atomic mass is 16.5. The monoisotopic (exact) mass is 234 g/mol. The third kappa shape index (κ3) is 2.86. The van der Waals surface area contributed by atoms with Gasteiger partial charge in [-0.05, 0) is 26.0 Å². The van der Waals surface area contributed by atoms with E-state index in [-0.39, 0.29) is 0 Å². The van der Waals surface area contributed by atoms with Crippen molar-refractivity contribution in [2.24, 2.45) is 5.73 Å².